The predicted octanol–water partition coefficient (Wildman–Crippen LogP) is 3.00. The molecule has 0 N–H and O–H groups in total. The highest BCUT2D eigenvalue weighted by molar-refractivity contribution is 7.09. The molecule has 3 rings (SSSR count). The number of carbonyl (C=O) groups excluding carboxylic acids is 1. The van der Waals surface area contributed by atoms with Crippen molar-refractivity contribution in [1.29, 1.82) is 0 Å². The average molecular weight is 332 g/mol. The molecular formula is C17H24N4OS. The Morgan fingerprint density at radius 1 is 1.48 bits per heavy atom. The number of thiophene rings is 1. The summed E-state index contributed by atoms with van der Waals surface area (Å²) in [6.45, 7) is 7.54. The van der Waals surface area contributed by atoms with Gasteiger partial charge in [0.2, 0.25) is 5.91 Å². The van der Waals surface area contributed by atoms with Gasteiger partial charge < -0.3 is 4.90 Å². The molecule has 1 aliphatic rings. The van der Waals surface area contributed by atoms with Crippen LogP contribution in [0, 0.1) is 19.8 Å². The fourth-order valence-corrected chi connectivity index (χ4v) is 4.20. The quantitative estimate of drug-likeness (QED) is 0.865. The summed E-state index contributed by atoms with van der Waals surface area (Å²) in [5.41, 5.74) is 0. The first kappa shape index (κ1) is 16.2. The second kappa shape index (κ2) is 6.83. The molecule has 1 fully saturated rings. The lowest BCUT2D eigenvalue weighted by atomic mass is 10.0. The van der Waals surface area contributed by atoms with Crippen molar-refractivity contribution in [3.63, 3.8) is 0 Å². The van der Waals surface area contributed by atoms with Gasteiger partial charge in [-0.3, -0.25) is 4.79 Å². The Hall–Kier alpha value is -1.69. The number of hydrogen-bond acceptors (Lipinski definition) is 4. The van der Waals surface area contributed by atoms with Crippen LogP contribution >= 0.6 is 11.3 Å². The second-order valence-corrected chi connectivity index (χ2v) is 7.45. The van der Waals surface area contributed by atoms with E-state index in [2.05, 4.69) is 21.5 Å². The van der Waals surface area contributed by atoms with Crippen LogP contribution < -0.4 is 0 Å². The van der Waals surface area contributed by atoms with Crippen molar-refractivity contribution in [3.05, 3.63) is 34.0 Å². The lowest BCUT2D eigenvalue weighted by Crippen LogP contribution is -2.43. The Kier molecular flexibility index (Phi) is 4.80. The molecule has 0 unspecified atom stereocenters. The van der Waals surface area contributed by atoms with E-state index in [1.165, 1.54) is 4.88 Å². The number of aromatic nitrogens is 3. The summed E-state index contributed by atoms with van der Waals surface area (Å²) in [7, 11) is 0. The highest BCUT2D eigenvalue weighted by Crippen LogP contribution is 2.24. The van der Waals surface area contributed by atoms with Crippen LogP contribution in [0.2, 0.25) is 0 Å². The minimum atomic E-state index is 0.0333. The van der Waals surface area contributed by atoms with Gasteiger partial charge in [0.1, 0.15) is 11.6 Å². The Bertz CT molecular complexity index is 664. The number of aryl methyl sites for hydroxylation is 2. The lowest BCUT2D eigenvalue weighted by molar-refractivity contribution is -0.136. The van der Waals surface area contributed by atoms with Gasteiger partial charge in [-0.25, -0.2) is 9.67 Å². The highest BCUT2D eigenvalue weighted by atomic mass is 32.1. The van der Waals surface area contributed by atoms with Crippen LogP contribution in [0.1, 0.15) is 42.3 Å². The monoisotopic (exact) mass is 332 g/mol. The molecule has 0 aromatic carbocycles. The Labute approximate surface area is 141 Å². The molecule has 2 atom stereocenters. The first-order valence-electron chi connectivity index (χ1n) is 8.25. The molecular weight excluding hydrogens is 308 g/mol. The maximum absolute atomic E-state index is 12.8. The third kappa shape index (κ3) is 3.63. The average Bonchev–Trinajstić information content (AvgIpc) is 3.16. The summed E-state index contributed by atoms with van der Waals surface area (Å²) >= 11 is 1.72. The molecule has 0 saturated carbocycles. The SMILES string of the molecule is Cc1nc(C)n([C@@H]2CCCN(C(=O)[C@H](C)Cc3cccs3)C2)n1. The molecule has 1 amide bonds. The summed E-state index contributed by atoms with van der Waals surface area (Å²) < 4.78 is 2.00. The van der Waals surface area contributed by atoms with Crippen molar-refractivity contribution in [3.8, 4) is 0 Å². The van der Waals surface area contributed by atoms with E-state index in [1.54, 1.807) is 11.3 Å². The van der Waals surface area contributed by atoms with E-state index >= 15 is 0 Å². The van der Waals surface area contributed by atoms with E-state index in [4.69, 9.17) is 0 Å². The first-order valence-corrected chi connectivity index (χ1v) is 9.13. The maximum atomic E-state index is 12.8. The van der Waals surface area contributed by atoms with Crippen molar-refractivity contribution >= 4 is 17.2 Å². The summed E-state index contributed by atoms with van der Waals surface area (Å²) in [5.74, 6) is 2.04. The molecule has 2 aromatic rings. The third-order valence-electron chi connectivity index (χ3n) is 4.47. The minimum absolute atomic E-state index is 0.0333. The van der Waals surface area contributed by atoms with Crippen molar-refractivity contribution < 1.29 is 4.79 Å². The molecule has 0 bridgehead atoms. The van der Waals surface area contributed by atoms with E-state index in [1.807, 2.05) is 36.4 Å². The number of likely N-dealkylation sites (tertiary alicyclic amines) is 1. The maximum Gasteiger partial charge on any atom is 0.225 e. The molecule has 0 radical (unpaired) electrons. The van der Waals surface area contributed by atoms with Crippen molar-refractivity contribution in [1.82, 2.24) is 19.7 Å². The van der Waals surface area contributed by atoms with Crippen LogP contribution in [-0.2, 0) is 11.2 Å². The van der Waals surface area contributed by atoms with Crippen LogP contribution in [0.3, 0.4) is 0 Å². The van der Waals surface area contributed by atoms with Crippen LogP contribution in [0.4, 0.5) is 0 Å². The Balaban J connectivity index is 1.65. The standard InChI is InChI=1S/C17H24N4OS/c1-12(10-16-7-5-9-23-16)17(22)20-8-4-6-15(11-20)21-14(3)18-13(2)19-21/h5,7,9,12,15H,4,6,8,10-11H2,1-3H3/t12-,15-/m1/s1. The van der Waals surface area contributed by atoms with Crippen LogP contribution in [-0.4, -0.2) is 38.7 Å². The molecule has 0 spiro atoms. The van der Waals surface area contributed by atoms with E-state index in [-0.39, 0.29) is 17.9 Å². The van der Waals surface area contributed by atoms with Crippen molar-refractivity contribution in [2.45, 2.75) is 46.1 Å². The summed E-state index contributed by atoms with van der Waals surface area (Å²) in [6, 6.07) is 4.40. The molecule has 0 aliphatic carbocycles. The zero-order valence-electron chi connectivity index (χ0n) is 14.0. The zero-order valence-corrected chi connectivity index (χ0v) is 14.8. The molecule has 2 aromatic heterocycles. The predicted molar refractivity (Wildman–Crippen MR) is 91.5 cm³/mol. The van der Waals surface area contributed by atoms with Crippen molar-refractivity contribution in [2.75, 3.05) is 13.1 Å². The highest BCUT2D eigenvalue weighted by Gasteiger charge is 2.29. The number of amides is 1. The molecule has 23 heavy (non-hydrogen) atoms. The Morgan fingerprint density at radius 3 is 2.96 bits per heavy atom. The van der Waals surface area contributed by atoms with Gasteiger partial charge in [0.05, 0.1) is 6.04 Å². The molecule has 124 valence electrons. The van der Waals surface area contributed by atoms with E-state index < -0.39 is 0 Å². The fraction of sp³-hybridized carbons (Fsp3) is 0.588. The minimum Gasteiger partial charge on any atom is -0.340 e. The van der Waals surface area contributed by atoms with Gasteiger partial charge in [0.15, 0.2) is 0 Å². The fourth-order valence-electron chi connectivity index (χ4n) is 3.37. The summed E-state index contributed by atoms with van der Waals surface area (Å²) in [6.07, 6.45) is 2.92. The third-order valence-corrected chi connectivity index (χ3v) is 5.37. The van der Waals surface area contributed by atoms with Gasteiger partial charge in [0, 0.05) is 23.9 Å². The first-order chi connectivity index (χ1) is 11.0. The summed E-state index contributed by atoms with van der Waals surface area (Å²) in [4.78, 5) is 20.5. The smallest absolute Gasteiger partial charge is 0.225 e. The summed E-state index contributed by atoms with van der Waals surface area (Å²) in [5, 5.41) is 6.57. The molecule has 1 aliphatic heterocycles. The lowest BCUT2D eigenvalue weighted by Gasteiger charge is -2.34. The van der Waals surface area contributed by atoms with Crippen LogP contribution in [0.25, 0.3) is 0 Å². The zero-order chi connectivity index (χ0) is 16.4. The largest absolute Gasteiger partial charge is 0.340 e. The topological polar surface area (TPSA) is 51.0 Å². The van der Waals surface area contributed by atoms with Gasteiger partial charge in [0.25, 0.3) is 0 Å². The number of hydrogen-bond donors (Lipinski definition) is 0. The number of piperidine rings is 1. The van der Waals surface area contributed by atoms with E-state index in [0.29, 0.717) is 0 Å². The molecule has 3 heterocycles. The van der Waals surface area contributed by atoms with E-state index in [0.717, 1.165) is 44.0 Å². The molecule has 1 saturated heterocycles. The number of rotatable bonds is 4. The van der Waals surface area contributed by atoms with Gasteiger partial charge >= 0.3 is 0 Å². The van der Waals surface area contributed by atoms with Crippen LogP contribution in [0.5, 0.6) is 0 Å². The van der Waals surface area contributed by atoms with Gasteiger partial charge in [-0.05, 0) is 44.6 Å². The van der Waals surface area contributed by atoms with Crippen molar-refractivity contribution in [2.24, 2.45) is 5.92 Å². The molecule has 5 nitrogen and oxygen atoms in total. The second-order valence-electron chi connectivity index (χ2n) is 6.42. The van der Waals surface area contributed by atoms with Gasteiger partial charge in [-0.1, -0.05) is 13.0 Å². The van der Waals surface area contributed by atoms with E-state index in [9.17, 15) is 4.79 Å². The van der Waals surface area contributed by atoms with Gasteiger partial charge in [-0.15, -0.1) is 11.3 Å². The molecule has 6 heteroatoms. The number of nitrogens with zero attached hydrogens (tertiary/aromatic N) is 4. The normalized spacial score (nSPS) is 19.8. The van der Waals surface area contributed by atoms with Gasteiger partial charge in [-0.2, -0.15) is 5.10 Å². The Morgan fingerprint density at radius 2 is 2.30 bits per heavy atom. The van der Waals surface area contributed by atoms with Crippen LogP contribution in [0.15, 0.2) is 17.5 Å². The number of carbonyl (C=O) groups is 1.